The van der Waals surface area contributed by atoms with Crippen molar-refractivity contribution in [3.8, 4) is 0 Å². The van der Waals surface area contributed by atoms with E-state index in [2.05, 4.69) is 9.55 Å². The number of aryl methyl sites for hydroxylation is 2. The first-order valence-corrected chi connectivity index (χ1v) is 5.68. The maximum atomic E-state index is 11.7. The first kappa shape index (κ1) is 11.7. The number of hydrogen-bond acceptors (Lipinski definition) is 4. The molecule has 0 unspecified atom stereocenters. The SMILES string of the molecule is Cc1noc(C)c1S(=O)(=O)/N=C/N(C)C. The molecule has 0 saturated heterocycles. The molecule has 0 bridgehead atoms. The third-order valence-electron chi connectivity index (χ3n) is 1.64. The molecule has 0 aromatic carbocycles. The monoisotopic (exact) mass is 231 g/mol. The van der Waals surface area contributed by atoms with E-state index < -0.39 is 10.0 Å². The highest BCUT2D eigenvalue weighted by atomic mass is 32.2. The molecular weight excluding hydrogens is 218 g/mol. The lowest BCUT2D eigenvalue weighted by molar-refractivity contribution is 0.390. The molecule has 1 aromatic heterocycles. The number of hydrogen-bond donors (Lipinski definition) is 0. The van der Waals surface area contributed by atoms with Crippen LogP contribution in [0.15, 0.2) is 13.8 Å². The molecule has 7 heteroatoms. The second-order valence-electron chi connectivity index (χ2n) is 3.31. The summed E-state index contributed by atoms with van der Waals surface area (Å²) < 4.78 is 31.7. The molecule has 1 heterocycles. The van der Waals surface area contributed by atoms with Crippen LogP contribution in [-0.2, 0) is 10.0 Å². The van der Waals surface area contributed by atoms with Crippen molar-refractivity contribution in [2.24, 2.45) is 4.40 Å². The standard InChI is InChI=1S/C8H13N3O3S/c1-6-8(7(2)14-10-6)15(12,13)9-5-11(3)4/h5H,1-4H3/b9-5+. The number of sulfonamides is 1. The Morgan fingerprint density at radius 1 is 1.40 bits per heavy atom. The van der Waals surface area contributed by atoms with Crippen molar-refractivity contribution in [3.63, 3.8) is 0 Å². The molecule has 0 aliphatic heterocycles. The molecule has 84 valence electrons. The minimum Gasteiger partial charge on any atom is -0.368 e. The van der Waals surface area contributed by atoms with Gasteiger partial charge < -0.3 is 9.42 Å². The highest BCUT2D eigenvalue weighted by Gasteiger charge is 2.22. The van der Waals surface area contributed by atoms with E-state index in [1.165, 1.54) is 18.2 Å². The van der Waals surface area contributed by atoms with Gasteiger partial charge in [-0.25, -0.2) is 0 Å². The predicted octanol–water partition coefficient (Wildman–Crippen LogP) is 0.570. The van der Waals surface area contributed by atoms with Gasteiger partial charge in [0.05, 0.1) is 0 Å². The van der Waals surface area contributed by atoms with Crippen molar-refractivity contribution in [1.82, 2.24) is 10.1 Å². The molecule has 0 atom stereocenters. The summed E-state index contributed by atoms with van der Waals surface area (Å²) >= 11 is 0. The van der Waals surface area contributed by atoms with Crippen molar-refractivity contribution in [2.75, 3.05) is 14.1 Å². The summed E-state index contributed by atoms with van der Waals surface area (Å²) in [7, 11) is -0.328. The van der Waals surface area contributed by atoms with Crippen LogP contribution in [0.2, 0.25) is 0 Å². The molecule has 0 aliphatic carbocycles. The first-order valence-electron chi connectivity index (χ1n) is 4.24. The summed E-state index contributed by atoms with van der Waals surface area (Å²) in [5.41, 5.74) is 0.323. The van der Waals surface area contributed by atoms with Crippen LogP contribution < -0.4 is 0 Å². The summed E-state index contributed by atoms with van der Waals surface area (Å²) in [5, 5.41) is 3.57. The van der Waals surface area contributed by atoms with Crippen LogP contribution in [0.1, 0.15) is 11.5 Å². The molecule has 0 spiro atoms. The van der Waals surface area contributed by atoms with Gasteiger partial charge in [-0.3, -0.25) is 0 Å². The van der Waals surface area contributed by atoms with E-state index in [0.717, 1.165) is 0 Å². The van der Waals surface area contributed by atoms with Crippen LogP contribution in [-0.4, -0.2) is 38.9 Å². The van der Waals surface area contributed by atoms with E-state index in [-0.39, 0.29) is 10.7 Å². The number of nitrogens with zero attached hydrogens (tertiary/aromatic N) is 3. The average Bonchev–Trinajstić information content (AvgIpc) is 2.43. The van der Waals surface area contributed by atoms with Gasteiger partial charge in [0, 0.05) is 14.1 Å². The fraction of sp³-hybridized carbons (Fsp3) is 0.500. The minimum absolute atomic E-state index is 0.0422. The molecule has 15 heavy (non-hydrogen) atoms. The maximum absolute atomic E-state index is 11.7. The third kappa shape index (κ3) is 2.56. The Kier molecular flexibility index (Phi) is 3.13. The summed E-state index contributed by atoms with van der Waals surface area (Å²) in [4.78, 5) is 1.58. The van der Waals surface area contributed by atoms with E-state index in [1.807, 2.05) is 0 Å². The summed E-state index contributed by atoms with van der Waals surface area (Å²) in [6.07, 6.45) is 1.22. The van der Waals surface area contributed by atoms with E-state index in [9.17, 15) is 8.42 Å². The number of aromatic nitrogens is 1. The van der Waals surface area contributed by atoms with Crippen LogP contribution in [0.3, 0.4) is 0 Å². The summed E-state index contributed by atoms with van der Waals surface area (Å²) in [6, 6.07) is 0. The summed E-state index contributed by atoms with van der Waals surface area (Å²) in [5.74, 6) is 0.253. The second kappa shape index (κ2) is 4.01. The predicted molar refractivity (Wildman–Crippen MR) is 55.3 cm³/mol. The van der Waals surface area contributed by atoms with E-state index in [0.29, 0.717) is 5.69 Å². The average molecular weight is 231 g/mol. The second-order valence-corrected chi connectivity index (χ2v) is 4.88. The fourth-order valence-electron chi connectivity index (χ4n) is 1.05. The highest BCUT2D eigenvalue weighted by Crippen LogP contribution is 2.20. The van der Waals surface area contributed by atoms with Gasteiger partial charge in [0.2, 0.25) is 0 Å². The van der Waals surface area contributed by atoms with Crippen molar-refractivity contribution >= 4 is 16.4 Å². The van der Waals surface area contributed by atoms with Gasteiger partial charge in [-0.05, 0) is 13.8 Å². The first-order chi connectivity index (χ1) is 6.84. The van der Waals surface area contributed by atoms with Gasteiger partial charge in [-0.15, -0.1) is 4.40 Å². The normalized spacial score (nSPS) is 12.3. The van der Waals surface area contributed by atoms with Crippen molar-refractivity contribution in [2.45, 2.75) is 18.7 Å². The Balaban J connectivity index is 3.18. The highest BCUT2D eigenvalue weighted by molar-refractivity contribution is 7.90. The van der Waals surface area contributed by atoms with Crippen LogP contribution in [0.4, 0.5) is 0 Å². The molecular formula is C8H13N3O3S. The lowest BCUT2D eigenvalue weighted by Crippen LogP contribution is -2.10. The zero-order valence-electron chi connectivity index (χ0n) is 9.05. The van der Waals surface area contributed by atoms with Crippen LogP contribution in [0.25, 0.3) is 0 Å². The molecule has 0 fully saturated rings. The molecule has 1 rings (SSSR count). The van der Waals surface area contributed by atoms with Crippen LogP contribution >= 0.6 is 0 Å². The van der Waals surface area contributed by atoms with E-state index in [1.54, 1.807) is 21.0 Å². The molecule has 6 nitrogen and oxygen atoms in total. The molecule has 0 saturated carbocycles. The van der Waals surface area contributed by atoms with E-state index >= 15 is 0 Å². The van der Waals surface area contributed by atoms with Gasteiger partial charge in [-0.2, -0.15) is 8.42 Å². The summed E-state index contributed by atoms with van der Waals surface area (Å²) in [6.45, 7) is 3.10. The zero-order chi connectivity index (χ0) is 11.6. The maximum Gasteiger partial charge on any atom is 0.289 e. The van der Waals surface area contributed by atoms with Gasteiger partial charge in [0.1, 0.15) is 12.0 Å². The van der Waals surface area contributed by atoms with Crippen LogP contribution in [0.5, 0.6) is 0 Å². The lowest BCUT2D eigenvalue weighted by Gasteiger charge is -2.02. The van der Waals surface area contributed by atoms with Crippen LogP contribution in [0, 0.1) is 13.8 Å². The minimum atomic E-state index is -3.70. The molecule has 1 aromatic rings. The largest absolute Gasteiger partial charge is 0.368 e. The fourth-order valence-corrected chi connectivity index (χ4v) is 2.28. The lowest BCUT2D eigenvalue weighted by atomic mass is 10.4. The van der Waals surface area contributed by atoms with Crippen molar-refractivity contribution in [1.29, 1.82) is 0 Å². The molecule has 0 N–H and O–H groups in total. The third-order valence-corrected chi connectivity index (χ3v) is 3.11. The van der Waals surface area contributed by atoms with Gasteiger partial charge >= 0.3 is 0 Å². The van der Waals surface area contributed by atoms with Gasteiger partial charge in [0.15, 0.2) is 10.7 Å². The zero-order valence-corrected chi connectivity index (χ0v) is 9.87. The molecule has 0 aliphatic rings. The quantitative estimate of drug-likeness (QED) is 0.561. The number of rotatable bonds is 3. The Morgan fingerprint density at radius 3 is 2.40 bits per heavy atom. The Hall–Kier alpha value is -1.37. The Morgan fingerprint density at radius 2 is 2.00 bits per heavy atom. The molecule has 0 amide bonds. The topological polar surface area (TPSA) is 75.8 Å². The smallest absolute Gasteiger partial charge is 0.289 e. The van der Waals surface area contributed by atoms with Gasteiger partial charge in [-0.1, -0.05) is 5.16 Å². The van der Waals surface area contributed by atoms with Gasteiger partial charge in [0.25, 0.3) is 10.0 Å². The van der Waals surface area contributed by atoms with Crippen molar-refractivity contribution < 1.29 is 12.9 Å². The molecule has 0 radical (unpaired) electrons. The van der Waals surface area contributed by atoms with E-state index in [4.69, 9.17) is 4.52 Å². The van der Waals surface area contributed by atoms with Crippen molar-refractivity contribution in [3.05, 3.63) is 11.5 Å². The Bertz CT molecular complexity index is 454. The Labute approximate surface area is 88.6 Å².